The van der Waals surface area contributed by atoms with Crippen molar-refractivity contribution in [1.29, 1.82) is 0 Å². The van der Waals surface area contributed by atoms with E-state index in [2.05, 4.69) is 9.97 Å². The molecule has 6 nitrogen and oxygen atoms in total. The van der Waals surface area contributed by atoms with E-state index in [0.29, 0.717) is 0 Å². The first-order valence-electron chi connectivity index (χ1n) is 4.41. The number of amides is 1. The molecule has 1 amide bonds. The molecule has 1 N–H and O–H groups in total. The van der Waals surface area contributed by atoms with Crippen LogP contribution < -0.4 is 0 Å². The number of likely N-dealkylation sites (N-methyl/N-ethyl adjacent to an activating group) is 1. The van der Waals surface area contributed by atoms with Gasteiger partial charge in [-0.25, -0.2) is 14.8 Å². The third-order valence-electron chi connectivity index (χ3n) is 2.10. The van der Waals surface area contributed by atoms with Gasteiger partial charge in [-0.3, -0.25) is 4.79 Å². The second-order valence-electron chi connectivity index (χ2n) is 3.15. The fourth-order valence-electron chi connectivity index (χ4n) is 0.945. The highest BCUT2D eigenvalue weighted by atomic mass is 35.5. The molecule has 1 aromatic heterocycles. The molecule has 1 aromatic rings. The second-order valence-corrected chi connectivity index (χ2v) is 3.54. The molecule has 7 heteroatoms. The number of carbonyl (C=O) groups excluding carboxylic acids is 1. The van der Waals surface area contributed by atoms with E-state index in [0.717, 1.165) is 4.90 Å². The van der Waals surface area contributed by atoms with Gasteiger partial charge in [0.1, 0.15) is 16.9 Å². The summed E-state index contributed by atoms with van der Waals surface area (Å²) >= 11 is 5.52. The monoisotopic (exact) mass is 243 g/mol. The lowest BCUT2D eigenvalue weighted by molar-refractivity contribution is -0.141. The number of aromatic nitrogens is 2. The molecule has 0 saturated carbocycles. The SMILES string of the molecule is CC(C(=O)O)N(C)C(=O)c1cnc(Cl)cn1. The van der Waals surface area contributed by atoms with Crippen LogP contribution in [0.5, 0.6) is 0 Å². The molecule has 0 radical (unpaired) electrons. The van der Waals surface area contributed by atoms with Gasteiger partial charge in [0, 0.05) is 7.05 Å². The van der Waals surface area contributed by atoms with E-state index in [4.69, 9.17) is 16.7 Å². The minimum Gasteiger partial charge on any atom is -0.480 e. The second kappa shape index (κ2) is 4.89. The minimum atomic E-state index is -1.09. The highest BCUT2D eigenvalue weighted by Crippen LogP contribution is 2.06. The summed E-state index contributed by atoms with van der Waals surface area (Å²) in [5.41, 5.74) is 0.0556. The molecule has 0 bridgehead atoms. The maximum absolute atomic E-state index is 11.7. The van der Waals surface area contributed by atoms with Gasteiger partial charge in [-0.15, -0.1) is 0 Å². The number of halogens is 1. The zero-order chi connectivity index (χ0) is 12.3. The third-order valence-corrected chi connectivity index (χ3v) is 2.29. The first kappa shape index (κ1) is 12.4. The standard InChI is InChI=1S/C9H10ClN3O3/c1-5(9(15)16)13(2)8(14)6-3-12-7(10)4-11-6/h3-5H,1-2H3,(H,15,16). The summed E-state index contributed by atoms with van der Waals surface area (Å²) in [5.74, 6) is -1.60. The van der Waals surface area contributed by atoms with Crippen molar-refractivity contribution in [2.24, 2.45) is 0 Å². The van der Waals surface area contributed by atoms with Crippen molar-refractivity contribution < 1.29 is 14.7 Å². The molecule has 1 atom stereocenters. The van der Waals surface area contributed by atoms with E-state index >= 15 is 0 Å². The number of carboxylic acid groups (broad SMARTS) is 1. The van der Waals surface area contributed by atoms with Gasteiger partial charge in [0.25, 0.3) is 5.91 Å². The quantitative estimate of drug-likeness (QED) is 0.844. The first-order chi connectivity index (χ1) is 7.43. The molecule has 1 unspecified atom stereocenters. The van der Waals surface area contributed by atoms with Crippen LogP contribution >= 0.6 is 11.6 Å². The van der Waals surface area contributed by atoms with E-state index in [9.17, 15) is 9.59 Å². The molecule has 86 valence electrons. The zero-order valence-electron chi connectivity index (χ0n) is 8.72. The predicted molar refractivity (Wildman–Crippen MR) is 56.2 cm³/mol. The number of carboxylic acids is 1. The normalized spacial score (nSPS) is 11.9. The molecule has 0 aliphatic carbocycles. The molecular weight excluding hydrogens is 234 g/mol. The van der Waals surface area contributed by atoms with Crippen LogP contribution in [-0.4, -0.2) is 44.9 Å². The Morgan fingerprint density at radius 1 is 1.44 bits per heavy atom. The molecule has 1 heterocycles. The fourth-order valence-corrected chi connectivity index (χ4v) is 1.04. The Hall–Kier alpha value is -1.69. The maximum atomic E-state index is 11.7. The summed E-state index contributed by atoms with van der Waals surface area (Å²) < 4.78 is 0. The lowest BCUT2D eigenvalue weighted by Gasteiger charge is -2.20. The Bertz CT molecular complexity index is 407. The molecule has 0 aromatic carbocycles. The van der Waals surface area contributed by atoms with Gasteiger partial charge in [-0.05, 0) is 6.92 Å². The number of aliphatic carboxylic acids is 1. The van der Waals surface area contributed by atoms with Crippen molar-refractivity contribution >= 4 is 23.5 Å². The Morgan fingerprint density at radius 2 is 2.06 bits per heavy atom. The highest BCUT2D eigenvalue weighted by molar-refractivity contribution is 6.29. The molecule has 0 aliphatic rings. The smallest absolute Gasteiger partial charge is 0.326 e. The molecule has 1 rings (SSSR count). The number of hydrogen-bond acceptors (Lipinski definition) is 4. The Balaban J connectivity index is 2.86. The summed E-state index contributed by atoms with van der Waals surface area (Å²) in [5, 5.41) is 8.91. The zero-order valence-corrected chi connectivity index (χ0v) is 9.47. The number of carbonyl (C=O) groups is 2. The third kappa shape index (κ3) is 2.66. The maximum Gasteiger partial charge on any atom is 0.326 e. The van der Waals surface area contributed by atoms with E-state index < -0.39 is 17.9 Å². The van der Waals surface area contributed by atoms with Crippen LogP contribution in [0.15, 0.2) is 12.4 Å². The summed E-state index contributed by atoms with van der Waals surface area (Å²) in [7, 11) is 1.39. The molecule has 0 spiro atoms. The van der Waals surface area contributed by atoms with Crippen molar-refractivity contribution in [2.45, 2.75) is 13.0 Å². The van der Waals surface area contributed by atoms with Gasteiger partial charge in [-0.2, -0.15) is 0 Å². The van der Waals surface area contributed by atoms with Gasteiger partial charge in [0.15, 0.2) is 0 Å². The Morgan fingerprint density at radius 3 is 2.50 bits per heavy atom. The van der Waals surface area contributed by atoms with Gasteiger partial charge in [0.2, 0.25) is 0 Å². The van der Waals surface area contributed by atoms with Crippen LogP contribution in [0.3, 0.4) is 0 Å². The average molecular weight is 244 g/mol. The van der Waals surface area contributed by atoms with Crippen LogP contribution in [0.2, 0.25) is 5.15 Å². The molecule has 0 aliphatic heterocycles. The largest absolute Gasteiger partial charge is 0.480 e. The molecular formula is C9H10ClN3O3. The summed E-state index contributed by atoms with van der Waals surface area (Å²) in [6.07, 6.45) is 2.43. The Kier molecular flexibility index (Phi) is 3.78. The van der Waals surface area contributed by atoms with Crippen molar-refractivity contribution in [2.75, 3.05) is 7.05 Å². The van der Waals surface area contributed by atoms with E-state index in [1.165, 1.54) is 26.4 Å². The molecule has 0 fully saturated rings. The van der Waals surface area contributed by atoms with Crippen LogP contribution in [-0.2, 0) is 4.79 Å². The van der Waals surface area contributed by atoms with Crippen LogP contribution in [0, 0.1) is 0 Å². The first-order valence-corrected chi connectivity index (χ1v) is 4.78. The van der Waals surface area contributed by atoms with Crippen LogP contribution in [0.4, 0.5) is 0 Å². The predicted octanol–water partition coefficient (Wildman–Crippen LogP) is 0.675. The summed E-state index contributed by atoms with van der Waals surface area (Å²) in [6, 6.07) is -0.926. The Labute approximate surface area is 96.9 Å². The van der Waals surface area contributed by atoms with Gasteiger partial charge >= 0.3 is 5.97 Å². The minimum absolute atomic E-state index is 0.0556. The van der Waals surface area contributed by atoms with Crippen LogP contribution in [0.25, 0.3) is 0 Å². The van der Waals surface area contributed by atoms with E-state index in [-0.39, 0.29) is 10.8 Å². The number of rotatable bonds is 3. The molecule has 0 saturated heterocycles. The lowest BCUT2D eigenvalue weighted by Crippen LogP contribution is -2.40. The number of nitrogens with zero attached hydrogens (tertiary/aromatic N) is 3. The highest BCUT2D eigenvalue weighted by Gasteiger charge is 2.23. The lowest BCUT2D eigenvalue weighted by atomic mass is 10.3. The van der Waals surface area contributed by atoms with E-state index in [1.54, 1.807) is 0 Å². The van der Waals surface area contributed by atoms with Crippen molar-refractivity contribution in [3.05, 3.63) is 23.2 Å². The van der Waals surface area contributed by atoms with Crippen molar-refractivity contribution in [3.8, 4) is 0 Å². The molecule has 16 heavy (non-hydrogen) atoms. The van der Waals surface area contributed by atoms with Gasteiger partial charge < -0.3 is 10.0 Å². The number of hydrogen-bond donors (Lipinski definition) is 1. The fraction of sp³-hybridized carbons (Fsp3) is 0.333. The summed E-state index contributed by atoms with van der Waals surface area (Å²) in [4.78, 5) is 30.9. The van der Waals surface area contributed by atoms with Gasteiger partial charge in [-0.1, -0.05) is 11.6 Å². The summed E-state index contributed by atoms with van der Waals surface area (Å²) in [6.45, 7) is 1.41. The topological polar surface area (TPSA) is 83.4 Å². The van der Waals surface area contributed by atoms with E-state index in [1.807, 2.05) is 0 Å². The van der Waals surface area contributed by atoms with Crippen molar-refractivity contribution in [1.82, 2.24) is 14.9 Å². The van der Waals surface area contributed by atoms with Gasteiger partial charge in [0.05, 0.1) is 12.4 Å². The van der Waals surface area contributed by atoms with Crippen LogP contribution in [0.1, 0.15) is 17.4 Å². The van der Waals surface area contributed by atoms with Crippen molar-refractivity contribution in [3.63, 3.8) is 0 Å². The average Bonchev–Trinajstić information content (AvgIpc) is 2.27.